The lowest BCUT2D eigenvalue weighted by atomic mass is 9.85. The van der Waals surface area contributed by atoms with Crippen LogP contribution in [0.15, 0.2) is 18.2 Å². The largest absolute Gasteiger partial charge is 0.493 e. The molecule has 4 heteroatoms. The van der Waals surface area contributed by atoms with E-state index in [4.69, 9.17) is 9.47 Å². The molecular formula is C17H27NO3. The van der Waals surface area contributed by atoms with Crippen molar-refractivity contribution in [1.29, 1.82) is 0 Å². The molecule has 1 aliphatic carbocycles. The lowest BCUT2D eigenvalue weighted by Crippen LogP contribution is -2.37. The van der Waals surface area contributed by atoms with Crippen LogP contribution < -0.4 is 14.8 Å². The molecule has 0 heterocycles. The van der Waals surface area contributed by atoms with Crippen LogP contribution in [0.1, 0.15) is 44.6 Å². The van der Waals surface area contributed by atoms with Crippen LogP contribution in [0.3, 0.4) is 0 Å². The number of ether oxygens (including phenoxy) is 2. The molecule has 0 aliphatic heterocycles. The molecule has 4 nitrogen and oxygen atoms in total. The highest BCUT2D eigenvalue weighted by Gasteiger charge is 2.30. The van der Waals surface area contributed by atoms with E-state index in [9.17, 15) is 5.11 Å². The zero-order chi connectivity index (χ0) is 15.1. The molecule has 0 aromatic heterocycles. The molecule has 1 aromatic rings. The van der Waals surface area contributed by atoms with Gasteiger partial charge in [0.1, 0.15) is 6.61 Å². The van der Waals surface area contributed by atoms with Crippen LogP contribution in [0.5, 0.6) is 11.5 Å². The minimum atomic E-state index is -0.675. The van der Waals surface area contributed by atoms with Gasteiger partial charge in [0.05, 0.1) is 12.7 Å². The minimum absolute atomic E-state index is 0.343. The fraction of sp³-hybridized carbons (Fsp3) is 0.647. The van der Waals surface area contributed by atoms with Crippen LogP contribution in [0, 0.1) is 0 Å². The Morgan fingerprint density at radius 3 is 2.62 bits per heavy atom. The summed E-state index contributed by atoms with van der Waals surface area (Å²) in [6.45, 7) is 4.18. The summed E-state index contributed by atoms with van der Waals surface area (Å²) in [5.41, 5.74) is 0.489. The second-order valence-electron chi connectivity index (χ2n) is 5.84. The molecule has 0 amide bonds. The Labute approximate surface area is 127 Å². The molecule has 21 heavy (non-hydrogen) atoms. The van der Waals surface area contributed by atoms with Gasteiger partial charge < -0.3 is 19.9 Å². The van der Waals surface area contributed by atoms with Gasteiger partial charge >= 0.3 is 0 Å². The van der Waals surface area contributed by atoms with E-state index in [1.54, 1.807) is 7.11 Å². The highest BCUT2D eigenvalue weighted by Crippen LogP contribution is 2.32. The predicted octanol–water partition coefficient (Wildman–Crippen LogP) is 2.88. The van der Waals surface area contributed by atoms with Gasteiger partial charge in [-0.2, -0.15) is 0 Å². The molecule has 118 valence electrons. The number of benzene rings is 1. The van der Waals surface area contributed by atoms with Crippen molar-refractivity contribution in [3.63, 3.8) is 0 Å². The topological polar surface area (TPSA) is 50.7 Å². The van der Waals surface area contributed by atoms with Gasteiger partial charge in [0, 0.05) is 6.54 Å². The summed E-state index contributed by atoms with van der Waals surface area (Å²) in [6, 6.07) is 5.95. The number of hydrogen-bond donors (Lipinski definition) is 2. The van der Waals surface area contributed by atoms with Crippen molar-refractivity contribution in [2.75, 3.05) is 20.3 Å². The summed E-state index contributed by atoms with van der Waals surface area (Å²) in [7, 11) is 1.65. The first kappa shape index (κ1) is 16.1. The maximum Gasteiger partial charge on any atom is 0.161 e. The van der Waals surface area contributed by atoms with E-state index in [1.807, 2.05) is 18.2 Å². The van der Waals surface area contributed by atoms with E-state index in [0.29, 0.717) is 12.4 Å². The summed E-state index contributed by atoms with van der Waals surface area (Å²) >= 11 is 0. The van der Waals surface area contributed by atoms with Gasteiger partial charge in [0.15, 0.2) is 11.5 Å². The zero-order valence-corrected chi connectivity index (χ0v) is 13.2. The third-order valence-corrected chi connectivity index (χ3v) is 4.09. The minimum Gasteiger partial charge on any atom is -0.493 e. The molecule has 1 fully saturated rings. The Morgan fingerprint density at radius 1 is 1.19 bits per heavy atom. The van der Waals surface area contributed by atoms with Crippen LogP contribution in [-0.4, -0.2) is 31.0 Å². The molecule has 1 saturated carbocycles. The average molecular weight is 293 g/mol. The van der Waals surface area contributed by atoms with Crippen molar-refractivity contribution < 1.29 is 14.6 Å². The lowest BCUT2D eigenvalue weighted by Gasteiger charge is -2.31. The Bertz CT molecular complexity index is 442. The second kappa shape index (κ2) is 7.66. The molecule has 0 unspecified atom stereocenters. The molecule has 1 aliphatic rings. The summed E-state index contributed by atoms with van der Waals surface area (Å²) in [5, 5.41) is 13.8. The first-order chi connectivity index (χ1) is 10.2. The van der Waals surface area contributed by atoms with Crippen LogP contribution in [0.25, 0.3) is 0 Å². The maximum atomic E-state index is 10.5. The summed E-state index contributed by atoms with van der Waals surface area (Å²) in [5.74, 6) is 1.43. The fourth-order valence-corrected chi connectivity index (χ4v) is 2.78. The van der Waals surface area contributed by atoms with E-state index >= 15 is 0 Å². The highest BCUT2D eigenvalue weighted by atomic mass is 16.5. The molecule has 0 saturated heterocycles. The molecule has 2 rings (SSSR count). The van der Waals surface area contributed by atoms with Gasteiger partial charge in [-0.15, -0.1) is 0 Å². The molecule has 0 bridgehead atoms. The first-order valence-electron chi connectivity index (χ1n) is 7.90. The molecule has 0 radical (unpaired) electrons. The van der Waals surface area contributed by atoms with E-state index in [2.05, 4.69) is 12.2 Å². The van der Waals surface area contributed by atoms with Crippen LogP contribution in [0.2, 0.25) is 0 Å². The molecule has 1 aromatic carbocycles. The van der Waals surface area contributed by atoms with Gasteiger partial charge in [-0.3, -0.25) is 0 Å². The number of nitrogens with one attached hydrogen (secondary N) is 1. The standard InChI is InChI=1S/C17H27NO3/c1-3-18-12-14-7-8-15(16(11-14)20-2)21-13-17(19)9-5-4-6-10-17/h7-8,11,18-19H,3-6,9-10,12-13H2,1-2H3. The van der Waals surface area contributed by atoms with Gasteiger partial charge in [-0.1, -0.05) is 32.3 Å². The van der Waals surface area contributed by atoms with Crippen molar-refractivity contribution in [1.82, 2.24) is 5.32 Å². The summed E-state index contributed by atoms with van der Waals surface area (Å²) in [4.78, 5) is 0. The van der Waals surface area contributed by atoms with Crippen molar-refractivity contribution >= 4 is 0 Å². The zero-order valence-electron chi connectivity index (χ0n) is 13.2. The van der Waals surface area contributed by atoms with Gasteiger partial charge in [0.25, 0.3) is 0 Å². The van der Waals surface area contributed by atoms with Crippen molar-refractivity contribution in [3.8, 4) is 11.5 Å². The summed E-state index contributed by atoms with van der Waals surface area (Å²) in [6.07, 6.45) is 5.03. The number of rotatable bonds is 7. The highest BCUT2D eigenvalue weighted by molar-refractivity contribution is 5.43. The average Bonchev–Trinajstić information content (AvgIpc) is 2.52. The predicted molar refractivity (Wildman–Crippen MR) is 83.9 cm³/mol. The molecule has 0 atom stereocenters. The van der Waals surface area contributed by atoms with Gasteiger partial charge in [-0.05, 0) is 37.1 Å². The Hall–Kier alpha value is -1.26. The monoisotopic (exact) mass is 293 g/mol. The van der Waals surface area contributed by atoms with Gasteiger partial charge in [-0.25, -0.2) is 0 Å². The maximum absolute atomic E-state index is 10.5. The molecule has 2 N–H and O–H groups in total. The smallest absolute Gasteiger partial charge is 0.161 e. The first-order valence-corrected chi connectivity index (χ1v) is 7.90. The molecular weight excluding hydrogens is 266 g/mol. The fourth-order valence-electron chi connectivity index (χ4n) is 2.78. The third kappa shape index (κ3) is 4.61. The van der Waals surface area contributed by atoms with E-state index in [-0.39, 0.29) is 0 Å². The van der Waals surface area contributed by atoms with Crippen molar-refractivity contribution in [2.45, 2.75) is 51.2 Å². The SMILES string of the molecule is CCNCc1ccc(OCC2(O)CCCCC2)c(OC)c1. The van der Waals surface area contributed by atoms with Crippen LogP contribution in [0.4, 0.5) is 0 Å². The van der Waals surface area contributed by atoms with Crippen molar-refractivity contribution in [3.05, 3.63) is 23.8 Å². The third-order valence-electron chi connectivity index (χ3n) is 4.09. The van der Waals surface area contributed by atoms with E-state index in [0.717, 1.165) is 50.1 Å². The number of hydrogen-bond acceptors (Lipinski definition) is 4. The Balaban J connectivity index is 1.98. The lowest BCUT2D eigenvalue weighted by molar-refractivity contribution is -0.0343. The Kier molecular flexibility index (Phi) is 5.88. The van der Waals surface area contributed by atoms with Gasteiger partial charge in [0.2, 0.25) is 0 Å². The van der Waals surface area contributed by atoms with Crippen molar-refractivity contribution in [2.24, 2.45) is 0 Å². The number of aliphatic hydroxyl groups is 1. The Morgan fingerprint density at radius 2 is 1.95 bits per heavy atom. The van der Waals surface area contributed by atoms with E-state index in [1.165, 1.54) is 6.42 Å². The van der Waals surface area contributed by atoms with Crippen LogP contribution in [-0.2, 0) is 6.54 Å². The normalized spacial score (nSPS) is 17.5. The van der Waals surface area contributed by atoms with Crippen LogP contribution >= 0.6 is 0 Å². The quantitative estimate of drug-likeness (QED) is 0.811. The second-order valence-corrected chi connectivity index (χ2v) is 5.84. The number of methoxy groups -OCH3 is 1. The van der Waals surface area contributed by atoms with E-state index < -0.39 is 5.60 Å². The summed E-state index contributed by atoms with van der Waals surface area (Å²) < 4.78 is 11.2. The molecule has 0 spiro atoms.